The van der Waals surface area contributed by atoms with E-state index >= 15 is 0 Å². The quantitative estimate of drug-likeness (QED) is 0.816. The van der Waals surface area contributed by atoms with Crippen LogP contribution in [0.15, 0.2) is 30.3 Å². The molecule has 1 heterocycles. The van der Waals surface area contributed by atoms with Crippen LogP contribution in [0.1, 0.15) is 11.7 Å². The standard InChI is InChI=1S/C11H13NO3/c12-11(13)15-10(9-6-14-7-9)8-4-2-1-3-5-8/h1-5,9-10H,6-7H2,(H2,12,13). The molecule has 1 atom stereocenters. The summed E-state index contributed by atoms with van der Waals surface area (Å²) in [6.45, 7) is 1.24. The summed E-state index contributed by atoms with van der Waals surface area (Å²) < 4.78 is 10.2. The highest BCUT2D eigenvalue weighted by molar-refractivity contribution is 5.65. The number of amides is 1. The third-order valence-corrected chi connectivity index (χ3v) is 2.46. The van der Waals surface area contributed by atoms with E-state index in [2.05, 4.69) is 0 Å². The minimum absolute atomic E-state index is 0.222. The van der Waals surface area contributed by atoms with Crippen LogP contribution < -0.4 is 5.73 Å². The summed E-state index contributed by atoms with van der Waals surface area (Å²) in [4.78, 5) is 10.8. The van der Waals surface area contributed by atoms with Crippen LogP contribution in [0.3, 0.4) is 0 Å². The molecule has 2 rings (SSSR count). The fourth-order valence-electron chi connectivity index (χ4n) is 1.63. The third-order valence-electron chi connectivity index (χ3n) is 2.46. The van der Waals surface area contributed by atoms with Gasteiger partial charge in [-0.2, -0.15) is 0 Å². The molecule has 0 aliphatic carbocycles. The molecule has 1 amide bonds. The molecular formula is C11H13NO3. The Morgan fingerprint density at radius 3 is 2.53 bits per heavy atom. The van der Waals surface area contributed by atoms with E-state index in [0.717, 1.165) is 5.56 Å². The van der Waals surface area contributed by atoms with Gasteiger partial charge in [0.2, 0.25) is 0 Å². The van der Waals surface area contributed by atoms with Crippen molar-refractivity contribution in [1.82, 2.24) is 0 Å². The first-order chi connectivity index (χ1) is 7.27. The van der Waals surface area contributed by atoms with E-state index < -0.39 is 6.09 Å². The average molecular weight is 207 g/mol. The van der Waals surface area contributed by atoms with Crippen molar-refractivity contribution in [3.05, 3.63) is 35.9 Å². The van der Waals surface area contributed by atoms with Crippen LogP contribution in [0.5, 0.6) is 0 Å². The topological polar surface area (TPSA) is 61.6 Å². The molecule has 80 valence electrons. The largest absolute Gasteiger partial charge is 0.441 e. The van der Waals surface area contributed by atoms with E-state index in [0.29, 0.717) is 13.2 Å². The molecule has 0 radical (unpaired) electrons. The van der Waals surface area contributed by atoms with Crippen LogP contribution in [0.4, 0.5) is 4.79 Å². The van der Waals surface area contributed by atoms with Gasteiger partial charge < -0.3 is 15.2 Å². The molecule has 0 bridgehead atoms. The lowest BCUT2D eigenvalue weighted by Crippen LogP contribution is -2.36. The number of hydrogen-bond acceptors (Lipinski definition) is 3. The van der Waals surface area contributed by atoms with Crippen LogP contribution in [-0.4, -0.2) is 19.3 Å². The number of primary amides is 1. The molecule has 4 heteroatoms. The Kier molecular flexibility index (Phi) is 2.87. The van der Waals surface area contributed by atoms with Crippen molar-refractivity contribution in [3.8, 4) is 0 Å². The predicted molar refractivity (Wildman–Crippen MR) is 54.2 cm³/mol. The monoisotopic (exact) mass is 207 g/mol. The zero-order chi connectivity index (χ0) is 10.7. The van der Waals surface area contributed by atoms with Crippen molar-refractivity contribution < 1.29 is 14.3 Å². The van der Waals surface area contributed by atoms with Crippen molar-refractivity contribution in [1.29, 1.82) is 0 Å². The Morgan fingerprint density at radius 2 is 2.07 bits per heavy atom. The smallest absolute Gasteiger partial charge is 0.405 e. The zero-order valence-electron chi connectivity index (χ0n) is 8.26. The molecule has 0 spiro atoms. The van der Waals surface area contributed by atoms with E-state index in [9.17, 15) is 4.79 Å². The molecule has 1 unspecified atom stereocenters. The molecule has 1 aromatic carbocycles. The van der Waals surface area contributed by atoms with E-state index in [4.69, 9.17) is 15.2 Å². The van der Waals surface area contributed by atoms with Gasteiger partial charge in [-0.1, -0.05) is 30.3 Å². The van der Waals surface area contributed by atoms with Crippen molar-refractivity contribution in [3.63, 3.8) is 0 Å². The maximum Gasteiger partial charge on any atom is 0.405 e. The normalized spacial score (nSPS) is 17.9. The molecule has 0 saturated carbocycles. The van der Waals surface area contributed by atoms with Crippen LogP contribution in [0.2, 0.25) is 0 Å². The maximum absolute atomic E-state index is 10.8. The Hall–Kier alpha value is -1.55. The number of hydrogen-bond donors (Lipinski definition) is 1. The van der Waals surface area contributed by atoms with E-state index in [1.54, 1.807) is 0 Å². The van der Waals surface area contributed by atoms with Gasteiger partial charge in [0.05, 0.1) is 13.2 Å². The third kappa shape index (κ3) is 2.27. The summed E-state index contributed by atoms with van der Waals surface area (Å²) in [5, 5.41) is 0. The van der Waals surface area contributed by atoms with E-state index in [1.807, 2.05) is 30.3 Å². The number of benzene rings is 1. The van der Waals surface area contributed by atoms with Gasteiger partial charge in [-0.05, 0) is 5.56 Å². The number of ether oxygens (including phenoxy) is 2. The molecule has 4 nitrogen and oxygen atoms in total. The first-order valence-corrected chi connectivity index (χ1v) is 4.86. The molecule has 0 aromatic heterocycles. The van der Waals surface area contributed by atoms with Crippen molar-refractivity contribution in [2.75, 3.05) is 13.2 Å². The molecular weight excluding hydrogens is 194 g/mol. The van der Waals surface area contributed by atoms with Crippen molar-refractivity contribution >= 4 is 6.09 Å². The highest BCUT2D eigenvalue weighted by atomic mass is 16.6. The molecule has 1 fully saturated rings. The SMILES string of the molecule is NC(=O)OC(c1ccccc1)C1COC1. The fourth-order valence-corrected chi connectivity index (χ4v) is 1.63. The average Bonchev–Trinajstić information content (AvgIpc) is 2.15. The number of carbonyl (C=O) groups is 1. The second kappa shape index (κ2) is 4.31. The first kappa shape index (κ1) is 9.98. The lowest BCUT2D eigenvalue weighted by molar-refractivity contribution is -0.0939. The van der Waals surface area contributed by atoms with Crippen molar-refractivity contribution in [2.24, 2.45) is 11.7 Å². The second-order valence-electron chi connectivity index (χ2n) is 3.57. The summed E-state index contributed by atoms with van der Waals surface area (Å²) in [5.41, 5.74) is 6.01. The molecule has 2 N–H and O–H groups in total. The van der Waals surface area contributed by atoms with Gasteiger partial charge >= 0.3 is 6.09 Å². The Morgan fingerprint density at radius 1 is 1.40 bits per heavy atom. The van der Waals surface area contributed by atoms with Crippen LogP contribution >= 0.6 is 0 Å². The molecule has 1 aromatic rings. The Bertz CT molecular complexity index is 335. The first-order valence-electron chi connectivity index (χ1n) is 4.86. The fraction of sp³-hybridized carbons (Fsp3) is 0.364. The van der Waals surface area contributed by atoms with Gasteiger partial charge in [0.15, 0.2) is 0 Å². The lowest BCUT2D eigenvalue weighted by Gasteiger charge is -2.32. The number of carbonyl (C=O) groups excluding carboxylic acids is 1. The van der Waals surface area contributed by atoms with E-state index in [1.165, 1.54) is 0 Å². The van der Waals surface area contributed by atoms with Crippen molar-refractivity contribution in [2.45, 2.75) is 6.10 Å². The summed E-state index contributed by atoms with van der Waals surface area (Å²) in [6.07, 6.45) is -1.02. The molecule has 1 saturated heterocycles. The second-order valence-corrected chi connectivity index (χ2v) is 3.57. The molecule has 1 aliphatic rings. The van der Waals surface area contributed by atoms with Gasteiger partial charge in [0.1, 0.15) is 6.10 Å². The highest BCUT2D eigenvalue weighted by Gasteiger charge is 2.32. The minimum atomic E-state index is -0.740. The summed E-state index contributed by atoms with van der Waals surface area (Å²) in [6, 6.07) is 9.58. The summed E-state index contributed by atoms with van der Waals surface area (Å²) >= 11 is 0. The van der Waals surface area contributed by atoms with Gasteiger partial charge in [0.25, 0.3) is 0 Å². The summed E-state index contributed by atoms with van der Waals surface area (Å²) in [5.74, 6) is 0.222. The van der Waals surface area contributed by atoms with Gasteiger partial charge in [-0.3, -0.25) is 0 Å². The minimum Gasteiger partial charge on any atom is -0.441 e. The van der Waals surface area contributed by atoms with Crippen LogP contribution in [0, 0.1) is 5.92 Å². The number of nitrogens with two attached hydrogens (primary N) is 1. The Balaban J connectivity index is 2.14. The Labute approximate surface area is 88.0 Å². The molecule has 1 aliphatic heterocycles. The zero-order valence-corrected chi connectivity index (χ0v) is 8.26. The van der Waals surface area contributed by atoms with Gasteiger partial charge in [-0.15, -0.1) is 0 Å². The van der Waals surface area contributed by atoms with Crippen LogP contribution in [-0.2, 0) is 9.47 Å². The van der Waals surface area contributed by atoms with E-state index in [-0.39, 0.29) is 12.0 Å². The van der Waals surface area contributed by atoms with Gasteiger partial charge in [0, 0.05) is 5.92 Å². The lowest BCUT2D eigenvalue weighted by atomic mass is 9.94. The summed E-state index contributed by atoms with van der Waals surface area (Å²) in [7, 11) is 0. The van der Waals surface area contributed by atoms with Crippen LogP contribution in [0.25, 0.3) is 0 Å². The number of rotatable bonds is 3. The highest BCUT2D eigenvalue weighted by Crippen LogP contribution is 2.31. The molecule has 15 heavy (non-hydrogen) atoms. The maximum atomic E-state index is 10.8. The predicted octanol–water partition coefficient (Wildman–Crippen LogP) is 1.47. The van der Waals surface area contributed by atoms with Gasteiger partial charge in [-0.25, -0.2) is 4.79 Å².